The van der Waals surface area contributed by atoms with Crippen molar-refractivity contribution in [3.63, 3.8) is 0 Å². The zero-order valence-electron chi connectivity index (χ0n) is 16.0. The number of nitrogens with one attached hydrogen (secondary N) is 1. The average Bonchev–Trinajstić information content (AvgIpc) is 3.03. The van der Waals surface area contributed by atoms with Gasteiger partial charge >= 0.3 is 12.2 Å². The number of Topliss-reactive ketones (excluding diaryl/α,β-unsaturated/α-hetero) is 1. The number of nitrogens with zero attached hydrogens (tertiary/aromatic N) is 2. The number of halogens is 3. The van der Waals surface area contributed by atoms with Crippen molar-refractivity contribution in [1.82, 2.24) is 9.55 Å². The van der Waals surface area contributed by atoms with E-state index >= 15 is 0 Å². The van der Waals surface area contributed by atoms with Gasteiger partial charge in [0.1, 0.15) is 0 Å². The molecule has 0 fully saturated rings. The van der Waals surface area contributed by atoms with Crippen LogP contribution in [0.2, 0.25) is 0 Å². The second-order valence-electron chi connectivity index (χ2n) is 6.53. The number of carbonyl (C=O) groups is 2. The van der Waals surface area contributed by atoms with Crippen LogP contribution in [0.15, 0.2) is 47.6 Å². The molecule has 0 saturated heterocycles. The minimum absolute atomic E-state index is 0.0712. The third-order valence-corrected chi connectivity index (χ3v) is 5.27. The van der Waals surface area contributed by atoms with Crippen molar-refractivity contribution in [1.29, 1.82) is 0 Å². The van der Waals surface area contributed by atoms with E-state index in [0.717, 1.165) is 12.1 Å². The third kappa shape index (κ3) is 4.93. The summed E-state index contributed by atoms with van der Waals surface area (Å²) in [5.41, 5.74) is 6.07. The van der Waals surface area contributed by atoms with Crippen LogP contribution in [0.1, 0.15) is 29.3 Å². The predicted octanol–water partition coefficient (Wildman–Crippen LogP) is 4.93. The first-order valence-electron chi connectivity index (χ1n) is 9.09. The number of benzene rings is 2. The van der Waals surface area contributed by atoms with Crippen LogP contribution in [0.25, 0.3) is 11.0 Å². The predicted molar refractivity (Wildman–Crippen MR) is 110 cm³/mol. The minimum Gasteiger partial charge on any atom is -0.351 e. The highest BCUT2D eigenvalue weighted by molar-refractivity contribution is 7.99. The smallest absolute Gasteiger partial charge is 0.351 e. The van der Waals surface area contributed by atoms with Gasteiger partial charge in [0.2, 0.25) is 0 Å². The first-order chi connectivity index (χ1) is 14.2. The molecule has 3 rings (SSSR count). The molecular formula is C20H19F3N4O2S. The highest BCUT2D eigenvalue weighted by atomic mass is 32.2. The number of hydrogen-bond donors (Lipinski definition) is 2. The van der Waals surface area contributed by atoms with E-state index in [2.05, 4.69) is 10.3 Å². The van der Waals surface area contributed by atoms with Gasteiger partial charge in [-0.3, -0.25) is 4.79 Å². The zero-order valence-corrected chi connectivity index (χ0v) is 16.8. The van der Waals surface area contributed by atoms with Crippen molar-refractivity contribution >= 4 is 40.3 Å². The molecule has 0 aliphatic heterocycles. The molecule has 1 aromatic heterocycles. The second-order valence-corrected chi connectivity index (χ2v) is 7.47. The highest BCUT2D eigenvalue weighted by Gasteiger charge is 2.31. The SMILES string of the molecule is CCCn1c(SCC(=O)c2ccc(NC(N)=O)cc2)nc2ccc(C(F)(F)F)cc21. The Kier molecular flexibility index (Phi) is 6.35. The van der Waals surface area contributed by atoms with Gasteiger partial charge in [-0.25, -0.2) is 9.78 Å². The van der Waals surface area contributed by atoms with Gasteiger partial charge in [-0.05, 0) is 48.9 Å². The highest BCUT2D eigenvalue weighted by Crippen LogP contribution is 2.33. The van der Waals surface area contributed by atoms with E-state index in [-0.39, 0.29) is 11.5 Å². The van der Waals surface area contributed by atoms with Gasteiger partial charge in [0.15, 0.2) is 10.9 Å². The first-order valence-corrected chi connectivity index (χ1v) is 10.1. The van der Waals surface area contributed by atoms with Crippen molar-refractivity contribution in [2.45, 2.75) is 31.2 Å². The quantitative estimate of drug-likeness (QED) is 0.406. The second kappa shape index (κ2) is 8.78. The van der Waals surface area contributed by atoms with Crippen molar-refractivity contribution in [3.05, 3.63) is 53.6 Å². The summed E-state index contributed by atoms with van der Waals surface area (Å²) >= 11 is 1.18. The van der Waals surface area contributed by atoms with E-state index in [9.17, 15) is 22.8 Å². The molecule has 3 aromatic rings. The van der Waals surface area contributed by atoms with E-state index in [1.54, 1.807) is 28.8 Å². The topological polar surface area (TPSA) is 90.0 Å². The number of hydrogen-bond acceptors (Lipinski definition) is 4. The molecule has 158 valence electrons. The molecule has 10 heteroatoms. The Morgan fingerprint density at radius 3 is 2.47 bits per heavy atom. The number of rotatable bonds is 7. The van der Waals surface area contributed by atoms with Gasteiger partial charge in [-0.1, -0.05) is 18.7 Å². The Balaban J connectivity index is 1.80. The summed E-state index contributed by atoms with van der Waals surface area (Å²) in [7, 11) is 0. The molecule has 30 heavy (non-hydrogen) atoms. The first kappa shape index (κ1) is 21.7. The number of amides is 2. The number of thioether (sulfide) groups is 1. The summed E-state index contributed by atoms with van der Waals surface area (Å²) < 4.78 is 40.9. The number of anilines is 1. The van der Waals surface area contributed by atoms with Gasteiger partial charge in [-0.15, -0.1) is 0 Å². The maximum absolute atomic E-state index is 13.1. The van der Waals surface area contributed by atoms with Crippen LogP contribution in [-0.4, -0.2) is 27.1 Å². The van der Waals surface area contributed by atoms with Crippen LogP contribution >= 0.6 is 11.8 Å². The van der Waals surface area contributed by atoms with Crippen LogP contribution in [0.4, 0.5) is 23.7 Å². The molecule has 0 spiro atoms. The number of imidazole rings is 1. The van der Waals surface area contributed by atoms with E-state index < -0.39 is 17.8 Å². The number of aromatic nitrogens is 2. The number of urea groups is 1. The summed E-state index contributed by atoms with van der Waals surface area (Å²) in [6, 6.07) is 9.01. The molecule has 6 nitrogen and oxygen atoms in total. The molecule has 0 atom stereocenters. The molecule has 1 heterocycles. The molecule has 3 N–H and O–H groups in total. The molecule has 0 aliphatic rings. The lowest BCUT2D eigenvalue weighted by Crippen LogP contribution is -2.19. The van der Waals surface area contributed by atoms with Gasteiger partial charge in [0.05, 0.1) is 22.3 Å². The Morgan fingerprint density at radius 1 is 1.17 bits per heavy atom. The summed E-state index contributed by atoms with van der Waals surface area (Å²) in [5.74, 6) is -0.0985. The number of carbonyl (C=O) groups excluding carboxylic acids is 2. The molecule has 0 saturated carbocycles. The van der Waals surface area contributed by atoms with E-state index in [1.165, 1.54) is 17.8 Å². The van der Waals surface area contributed by atoms with Gasteiger partial charge in [0.25, 0.3) is 0 Å². The summed E-state index contributed by atoms with van der Waals surface area (Å²) in [4.78, 5) is 27.8. The lowest BCUT2D eigenvalue weighted by molar-refractivity contribution is -0.137. The number of fused-ring (bicyclic) bond motifs is 1. The fraction of sp³-hybridized carbons (Fsp3) is 0.250. The number of nitrogens with two attached hydrogens (primary N) is 1. The minimum atomic E-state index is -4.44. The molecule has 2 aromatic carbocycles. The van der Waals surface area contributed by atoms with Crippen LogP contribution in [0.3, 0.4) is 0 Å². The van der Waals surface area contributed by atoms with Gasteiger partial charge in [-0.2, -0.15) is 13.2 Å². The van der Waals surface area contributed by atoms with Crippen LogP contribution in [-0.2, 0) is 12.7 Å². The van der Waals surface area contributed by atoms with Crippen molar-refractivity contribution in [2.24, 2.45) is 5.73 Å². The number of aryl methyl sites for hydroxylation is 1. The zero-order chi connectivity index (χ0) is 21.9. The standard InChI is InChI=1S/C20H19F3N4O2S/c1-2-9-27-16-10-13(20(21,22)23)5-8-15(16)26-19(27)30-11-17(28)12-3-6-14(7-4-12)25-18(24)29/h3-8,10H,2,9,11H2,1H3,(H3,24,25,29). The third-order valence-electron chi connectivity index (χ3n) is 4.29. The largest absolute Gasteiger partial charge is 0.416 e. The van der Waals surface area contributed by atoms with Crippen molar-refractivity contribution in [2.75, 3.05) is 11.1 Å². The molecule has 0 aliphatic carbocycles. The summed E-state index contributed by atoms with van der Waals surface area (Å²) in [6.45, 7) is 2.41. The molecule has 0 radical (unpaired) electrons. The van der Waals surface area contributed by atoms with Gasteiger partial charge < -0.3 is 15.6 Å². The number of alkyl halides is 3. The summed E-state index contributed by atoms with van der Waals surface area (Å²) in [6.07, 6.45) is -3.73. The Bertz CT molecular complexity index is 1080. The van der Waals surface area contributed by atoms with E-state index in [0.29, 0.717) is 40.4 Å². The lowest BCUT2D eigenvalue weighted by Gasteiger charge is -2.09. The average molecular weight is 436 g/mol. The van der Waals surface area contributed by atoms with E-state index in [4.69, 9.17) is 5.73 Å². The van der Waals surface area contributed by atoms with Gasteiger partial charge in [0, 0.05) is 17.8 Å². The maximum Gasteiger partial charge on any atom is 0.416 e. The molecule has 0 unspecified atom stereocenters. The van der Waals surface area contributed by atoms with Crippen molar-refractivity contribution < 1.29 is 22.8 Å². The summed E-state index contributed by atoms with van der Waals surface area (Å²) in [5, 5.41) is 2.90. The van der Waals surface area contributed by atoms with E-state index in [1.807, 2.05) is 6.92 Å². The Morgan fingerprint density at radius 2 is 1.87 bits per heavy atom. The van der Waals surface area contributed by atoms with Crippen molar-refractivity contribution in [3.8, 4) is 0 Å². The Labute approximate surface area is 174 Å². The Hall–Kier alpha value is -3.01. The molecular weight excluding hydrogens is 417 g/mol. The normalized spacial score (nSPS) is 11.6. The van der Waals surface area contributed by atoms with Crippen LogP contribution in [0.5, 0.6) is 0 Å². The number of ketones is 1. The monoisotopic (exact) mass is 436 g/mol. The van der Waals surface area contributed by atoms with Crippen LogP contribution in [0, 0.1) is 0 Å². The fourth-order valence-electron chi connectivity index (χ4n) is 2.92. The molecule has 0 bridgehead atoms. The lowest BCUT2D eigenvalue weighted by atomic mass is 10.1. The maximum atomic E-state index is 13.1. The van der Waals surface area contributed by atoms with Crippen LogP contribution < -0.4 is 11.1 Å². The molecule has 2 amide bonds. The number of primary amides is 1. The fourth-order valence-corrected chi connectivity index (χ4v) is 3.86.